The summed E-state index contributed by atoms with van der Waals surface area (Å²) in [6.45, 7) is 1.78. The van der Waals surface area contributed by atoms with Crippen LogP contribution in [0, 0.1) is 0 Å². The molecule has 3 rings (SSSR count). The van der Waals surface area contributed by atoms with E-state index >= 15 is 0 Å². The van der Waals surface area contributed by atoms with Gasteiger partial charge in [-0.1, -0.05) is 6.92 Å². The third-order valence-electron chi connectivity index (χ3n) is 3.64. The first-order chi connectivity index (χ1) is 12.5. The SMILES string of the molecule is CCc1cc2c(=O)n(CC(=O)N/N=C\c3ccc(O)cc3O)cnc2s1. The third-order valence-corrected chi connectivity index (χ3v) is 4.83. The molecule has 2 heterocycles. The number of nitrogens with zero attached hydrogens (tertiary/aromatic N) is 3. The number of nitrogens with one attached hydrogen (secondary N) is 1. The zero-order chi connectivity index (χ0) is 18.7. The molecule has 134 valence electrons. The van der Waals surface area contributed by atoms with Gasteiger partial charge in [0.2, 0.25) is 0 Å². The molecule has 0 saturated carbocycles. The highest BCUT2D eigenvalue weighted by molar-refractivity contribution is 7.18. The number of phenols is 2. The highest BCUT2D eigenvalue weighted by Gasteiger charge is 2.10. The van der Waals surface area contributed by atoms with Gasteiger partial charge in [0, 0.05) is 16.5 Å². The summed E-state index contributed by atoms with van der Waals surface area (Å²) in [5, 5.41) is 23.1. The maximum atomic E-state index is 12.4. The first-order valence-electron chi connectivity index (χ1n) is 7.79. The minimum Gasteiger partial charge on any atom is -0.508 e. The van der Waals surface area contributed by atoms with E-state index in [2.05, 4.69) is 15.5 Å². The topological polar surface area (TPSA) is 117 Å². The third kappa shape index (κ3) is 3.72. The molecule has 0 saturated heterocycles. The number of amides is 1. The summed E-state index contributed by atoms with van der Waals surface area (Å²) < 4.78 is 1.22. The van der Waals surface area contributed by atoms with Crippen molar-refractivity contribution < 1.29 is 15.0 Å². The lowest BCUT2D eigenvalue weighted by Gasteiger charge is -2.04. The zero-order valence-corrected chi connectivity index (χ0v) is 14.7. The van der Waals surface area contributed by atoms with E-state index in [1.165, 1.54) is 40.6 Å². The lowest BCUT2D eigenvalue weighted by Crippen LogP contribution is -2.29. The summed E-state index contributed by atoms with van der Waals surface area (Å²) in [5.74, 6) is -0.752. The number of benzene rings is 1. The quantitative estimate of drug-likeness (QED) is 0.464. The van der Waals surface area contributed by atoms with Gasteiger partial charge in [-0.15, -0.1) is 11.3 Å². The summed E-state index contributed by atoms with van der Waals surface area (Å²) in [6, 6.07) is 5.80. The summed E-state index contributed by atoms with van der Waals surface area (Å²) >= 11 is 1.46. The zero-order valence-electron chi connectivity index (χ0n) is 13.8. The summed E-state index contributed by atoms with van der Waals surface area (Å²) in [6.07, 6.45) is 3.40. The fourth-order valence-electron chi connectivity index (χ4n) is 2.30. The van der Waals surface area contributed by atoms with Gasteiger partial charge in [-0.2, -0.15) is 5.10 Å². The van der Waals surface area contributed by atoms with E-state index < -0.39 is 5.91 Å². The van der Waals surface area contributed by atoms with Crippen LogP contribution < -0.4 is 11.0 Å². The molecule has 0 bridgehead atoms. The van der Waals surface area contributed by atoms with Crippen LogP contribution in [0.1, 0.15) is 17.4 Å². The molecule has 0 aliphatic heterocycles. The smallest absolute Gasteiger partial charge is 0.262 e. The Morgan fingerprint density at radius 1 is 1.38 bits per heavy atom. The van der Waals surface area contributed by atoms with Crippen LogP contribution in [0.3, 0.4) is 0 Å². The number of hydrogen-bond donors (Lipinski definition) is 3. The number of carbonyl (C=O) groups is 1. The second kappa shape index (κ2) is 7.36. The predicted molar refractivity (Wildman–Crippen MR) is 98.8 cm³/mol. The van der Waals surface area contributed by atoms with Crippen molar-refractivity contribution in [1.29, 1.82) is 0 Å². The Morgan fingerprint density at radius 2 is 2.19 bits per heavy atom. The Labute approximate surface area is 152 Å². The fourth-order valence-corrected chi connectivity index (χ4v) is 3.23. The van der Waals surface area contributed by atoms with Gasteiger partial charge in [0.05, 0.1) is 17.9 Å². The Bertz CT molecular complexity index is 1050. The van der Waals surface area contributed by atoms with Gasteiger partial charge in [-0.25, -0.2) is 10.4 Å². The molecule has 0 radical (unpaired) electrons. The first kappa shape index (κ1) is 17.6. The van der Waals surface area contributed by atoms with Gasteiger partial charge in [-0.3, -0.25) is 14.2 Å². The standard InChI is InChI=1S/C17H16N4O4S/c1-2-12-6-13-16(26-12)18-9-21(17(13)25)8-15(24)20-19-7-10-3-4-11(22)5-14(10)23/h3-7,9,22-23H,2,8H2,1H3,(H,20,24)/b19-7-. The van der Waals surface area contributed by atoms with E-state index in [9.17, 15) is 19.8 Å². The number of hydrogen-bond acceptors (Lipinski definition) is 7. The number of carbonyl (C=O) groups excluding carboxylic acids is 1. The lowest BCUT2D eigenvalue weighted by atomic mass is 10.2. The van der Waals surface area contributed by atoms with Crippen molar-refractivity contribution in [3.8, 4) is 11.5 Å². The highest BCUT2D eigenvalue weighted by Crippen LogP contribution is 2.21. The van der Waals surface area contributed by atoms with Crippen LogP contribution in [0.2, 0.25) is 0 Å². The average molecular weight is 372 g/mol. The molecular weight excluding hydrogens is 356 g/mol. The lowest BCUT2D eigenvalue weighted by molar-refractivity contribution is -0.121. The molecule has 0 fully saturated rings. The molecule has 3 aromatic rings. The van der Waals surface area contributed by atoms with Gasteiger partial charge in [0.1, 0.15) is 22.9 Å². The van der Waals surface area contributed by atoms with Crippen molar-refractivity contribution in [3.05, 3.63) is 51.4 Å². The predicted octanol–water partition coefficient (Wildman–Crippen LogP) is 1.58. The minimum absolute atomic E-state index is 0.0781. The monoisotopic (exact) mass is 372 g/mol. The molecular formula is C17H16N4O4S. The van der Waals surface area contributed by atoms with E-state index in [1.54, 1.807) is 6.07 Å². The Morgan fingerprint density at radius 3 is 2.92 bits per heavy atom. The minimum atomic E-state index is -0.506. The van der Waals surface area contributed by atoms with Crippen LogP contribution in [0.25, 0.3) is 10.2 Å². The normalized spacial score (nSPS) is 11.3. The number of aryl methyl sites for hydroxylation is 1. The maximum absolute atomic E-state index is 12.4. The maximum Gasteiger partial charge on any atom is 0.262 e. The second-order valence-electron chi connectivity index (χ2n) is 5.50. The van der Waals surface area contributed by atoms with Gasteiger partial charge in [-0.05, 0) is 24.6 Å². The van der Waals surface area contributed by atoms with Crippen LogP contribution in [0.5, 0.6) is 11.5 Å². The Hall–Kier alpha value is -3.20. The average Bonchev–Trinajstić information content (AvgIpc) is 3.03. The number of aromatic nitrogens is 2. The van der Waals surface area contributed by atoms with Crippen LogP contribution >= 0.6 is 11.3 Å². The van der Waals surface area contributed by atoms with Gasteiger partial charge >= 0.3 is 0 Å². The van der Waals surface area contributed by atoms with Crippen molar-refractivity contribution in [2.45, 2.75) is 19.9 Å². The van der Waals surface area contributed by atoms with Crippen LogP contribution in [-0.2, 0) is 17.8 Å². The van der Waals surface area contributed by atoms with Crippen LogP contribution in [0.4, 0.5) is 0 Å². The van der Waals surface area contributed by atoms with Crippen LogP contribution in [-0.4, -0.2) is 31.9 Å². The molecule has 9 heteroatoms. The number of fused-ring (bicyclic) bond motifs is 1. The molecule has 3 N–H and O–H groups in total. The van der Waals surface area contributed by atoms with E-state index in [-0.39, 0.29) is 23.6 Å². The van der Waals surface area contributed by atoms with Crippen molar-refractivity contribution in [2.24, 2.45) is 5.10 Å². The van der Waals surface area contributed by atoms with Crippen molar-refractivity contribution in [2.75, 3.05) is 0 Å². The van der Waals surface area contributed by atoms with Gasteiger partial charge in [0.15, 0.2) is 0 Å². The highest BCUT2D eigenvalue weighted by atomic mass is 32.1. The Kier molecular flexibility index (Phi) is 4.99. The first-order valence-corrected chi connectivity index (χ1v) is 8.61. The molecule has 0 unspecified atom stereocenters. The largest absolute Gasteiger partial charge is 0.508 e. The van der Waals surface area contributed by atoms with Crippen molar-refractivity contribution in [3.63, 3.8) is 0 Å². The summed E-state index contributed by atoms with van der Waals surface area (Å²) in [7, 11) is 0. The van der Waals surface area contributed by atoms with Gasteiger partial charge in [0.25, 0.3) is 11.5 Å². The fraction of sp³-hybridized carbons (Fsp3) is 0.176. The molecule has 1 aromatic carbocycles. The van der Waals surface area contributed by atoms with E-state index in [1.807, 2.05) is 6.92 Å². The number of hydrazone groups is 1. The summed E-state index contributed by atoms with van der Waals surface area (Å²) in [4.78, 5) is 30.3. The number of aromatic hydroxyl groups is 2. The molecule has 26 heavy (non-hydrogen) atoms. The Balaban J connectivity index is 1.70. The second-order valence-corrected chi connectivity index (χ2v) is 6.61. The number of rotatable bonds is 5. The number of thiophene rings is 1. The van der Waals surface area contributed by atoms with E-state index in [4.69, 9.17) is 0 Å². The molecule has 2 aromatic heterocycles. The molecule has 0 aliphatic rings. The van der Waals surface area contributed by atoms with E-state index in [0.717, 1.165) is 17.4 Å². The number of phenolic OH excluding ortho intramolecular Hbond substituents is 2. The van der Waals surface area contributed by atoms with Crippen LogP contribution in [0.15, 0.2) is 40.5 Å². The molecule has 0 atom stereocenters. The summed E-state index contributed by atoms with van der Waals surface area (Å²) in [5.41, 5.74) is 2.34. The van der Waals surface area contributed by atoms with E-state index in [0.29, 0.717) is 15.8 Å². The molecule has 0 spiro atoms. The van der Waals surface area contributed by atoms with Crippen molar-refractivity contribution >= 4 is 33.7 Å². The molecule has 8 nitrogen and oxygen atoms in total. The molecule has 1 amide bonds. The van der Waals surface area contributed by atoms with Gasteiger partial charge < -0.3 is 10.2 Å². The molecule has 0 aliphatic carbocycles. The van der Waals surface area contributed by atoms with Crippen molar-refractivity contribution in [1.82, 2.24) is 15.0 Å².